The number of primary amides is 1. The van der Waals surface area contributed by atoms with Crippen molar-refractivity contribution in [1.29, 1.82) is 5.41 Å². The first-order valence-corrected chi connectivity index (χ1v) is 10.8. The number of carboxylic acid groups (broad SMARTS) is 1. The lowest BCUT2D eigenvalue weighted by Gasteiger charge is -2.41. The van der Waals surface area contributed by atoms with Crippen molar-refractivity contribution < 1.29 is 29.0 Å². The van der Waals surface area contributed by atoms with Crippen LogP contribution in [-0.4, -0.2) is 63.8 Å². The van der Waals surface area contributed by atoms with E-state index in [0.717, 1.165) is 6.42 Å². The van der Waals surface area contributed by atoms with Crippen LogP contribution in [-0.2, 0) is 24.8 Å². The molecule has 0 aliphatic carbocycles. The fourth-order valence-electron chi connectivity index (χ4n) is 5.01. The molecule has 11 nitrogen and oxygen atoms in total. The molecular formula is C22H29N5O6. The average Bonchev–Trinajstić information content (AvgIpc) is 3.14. The third kappa shape index (κ3) is 4.04. The number of carbonyl (C=O) groups is 4. The van der Waals surface area contributed by atoms with Gasteiger partial charge in [-0.25, -0.2) is 4.79 Å². The van der Waals surface area contributed by atoms with E-state index in [1.807, 2.05) is 6.92 Å². The number of imide groups is 1. The number of unbranched alkanes of at least 4 members (excludes halogenated alkanes) is 1. The number of nitrogens with one attached hydrogen (secondary N) is 1. The first kappa shape index (κ1) is 24.2. The third-order valence-corrected chi connectivity index (χ3v) is 6.49. The summed E-state index contributed by atoms with van der Waals surface area (Å²) in [6, 6.07) is 5.48. The number of hydrogen-bond donors (Lipinski definition) is 4. The highest BCUT2D eigenvalue weighted by atomic mass is 16.7. The summed E-state index contributed by atoms with van der Waals surface area (Å²) in [7, 11) is 0. The number of nitrogen functional groups attached to an aromatic ring is 1. The van der Waals surface area contributed by atoms with Crippen LogP contribution in [0.15, 0.2) is 24.3 Å². The molecule has 4 atom stereocenters. The quantitative estimate of drug-likeness (QED) is 0.181. The van der Waals surface area contributed by atoms with Crippen LogP contribution in [0.1, 0.15) is 44.2 Å². The molecule has 0 spiro atoms. The molecule has 2 heterocycles. The number of likely N-dealkylation sites (tertiary alicyclic amines) is 2. The Balaban J connectivity index is 2.20. The van der Waals surface area contributed by atoms with Crippen molar-refractivity contribution in [3.63, 3.8) is 0 Å². The molecule has 3 amide bonds. The summed E-state index contributed by atoms with van der Waals surface area (Å²) >= 11 is 0. The number of fused-ring (bicyclic) bond motifs is 1. The van der Waals surface area contributed by atoms with E-state index in [4.69, 9.17) is 21.6 Å². The summed E-state index contributed by atoms with van der Waals surface area (Å²) < 4.78 is 5.49. The van der Waals surface area contributed by atoms with E-state index in [2.05, 4.69) is 0 Å². The maximum absolute atomic E-state index is 13.5. The van der Waals surface area contributed by atoms with Crippen LogP contribution in [0.5, 0.6) is 0 Å². The summed E-state index contributed by atoms with van der Waals surface area (Å²) in [5.41, 5.74) is 9.73. The number of ether oxygens (including phenoxy) is 1. The zero-order chi connectivity index (χ0) is 24.5. The molecule has 0 radical (unpaired) electrons. The second kappa shape index (κ2) is 9.18. The molecule has 11 heteroatoms. The highest BCUT2D eigenvalue weighted by molar-refractivity contribution is 6.07. The van der Waals surface area contributed by atoms with Gasteiger partial charge >= 0.3 is 6.16 Å². The fraction of sp³-hybridized carbons (Fsp3) is 0.500. The molecule has 178 valence electrons. The number of carbonyl (C=O) groups excluding carboxylic acids is 3. The Morgan fingerprint density at radius 3 is 2.30 bits per heavy atom. The number of benzene rings is 1. The number of rotatable bonds is 9. The largest absolute Gasteiger partial charge is 0.507 e. The molecule has 6 N–H and O–H groups in total. The zero-order valence-electron chi connectivity index (χ0n) is 18.6. The number of amidine groups is 1. The predicted molar refractivity (Wildman–Crippen MR) is 117 cm³/mol. The van der Waals surface area contributed by atoms with Crippen LogP contribution in [0.4, 0.5) is 4.79 Å². The summed E-state index contributed by atoms with van der Waals surface area (Å²) in [6.45, 7) is 3.88. The Bertz CT molecular complexity index is 980. The van der Waals surface area contributed by atoms with E-state index < -0.39 is 41.6 Å². The number of nitrogens with zero attached hydrogens (tertiary/aromatic N) is 2. The maximum Gasteiger partial charge on any atom is 0.507 e. The number of amides is 3. The van der Waals surface area contributed by atoms with Crippen LogP contribution < -0.4 is 11.5 Å². The Kier molecular flexibility index (Phi) is 6.73. The molecule has 0 saturated carbocycles. The van der Waals surface area contributed by atoms with Gasteiger partial charge in [0.1, 0.15) is 11.8 Å². The second-order valence-corrected chi connectivity index (χ2v) is 8.39. The van der Waals surface area contributed by atoms with Gasteiger partial charge in [0.25, 0.3) is 0 Å². The minimum absolute atomic E-state index is 0.0131. The molecule has 4 unspecified atom stereocenters. The predicted octanol–water partition coefficient (Wildman–Crippen LogP) is 0.799. The first-order chi connectivity index (χ1) is 15.6. The summed E-state index contributed by atoms with van der Waals surface area (Å²) in [4.78, 5) is 53.1. The normalized spacial score (nSPS) is 27.0. The van der Waals surface area contributed by atoms with Gasteiger partial charge in [0.2, 0.25) is 23.4 Å². The minimum atomic E-state index is -1.85. The number of hydrogen-bond acceptors (Lipinski definition) is 7. The Labute approximate surface area is 191 Å². The van der Waals surface area contributed by atoms with Gasteiger partial charge in [-0.05, 0) is 13.3 Å². The minimum Gasteiger partial charge on any atom is -0.450 e. The molecule has 2 aliphatic rings. The molecule has 2 fully saturated rings. The lowest BCUT2D eigenvalue weighted by atomic mass is 9.83. The topological polar surface area (TPSA) is 180 Å². The molecule has 2 saturated heterocycles. The van der Waals surface area contributed by atoms with E-state index >= 15 is 0 Å². The van der Waals surface area contributed by atoms with Crippen molar-refractivity contribution in [1.82, 2.24) is 9.80 Å². The monoisotopic (exact) mass is 459 g/mol. The van der Waals surface area contributed by atoms with Crippen LogP contribution in [0.25, 0.3) is 0 Å². The zero-order valence-corrected chi connectivity index (χ0v) is 18.6. The van der Waals surface area contributed by atoms with Crippen molar-refractivity contribution in [2.45, 2.75) is 44.9 Å². The van der Waals surface area contributed by atoms with Crippen LogP contribution in [0.2, 0.25) is 0 Å². The molecule has 1 aromatic rings. The molecule has 1 aromatic carbocycles. The maximum atomic E-state index is 13.5. The second-order valence-electron chi connectivity index (χ2n) is 8.39. The van der Waals surface area contributed by atoms with Crippen molar-refractivity contribution >= 4 is 29.7 Å². The van der Waals surface area contributed by atoms with Gasteiger partial charge in [-0.2, -0.15) is 0 Å². The van der Waals surface area contributed by atoms with E-state index in [9.17, 15) is 24.3 Å². The first-order valence-electron chi connectivity index (χ1n) is 10.8. The van der Waals surface area contributed by atoms with Gasteiger partial charge in [0, 0.05) is 36.7 Å². The van der Waals surface area contributed by atoms with Crippen LogP contribution in [0, 0.1) is 17.2 Å². The summed E-state index contributed by atoms with van der Waals surface area (Å²) in [5, 5.41) is 17.3. The standard InChI is InChI=1S/C22H29N5O6/c1-3-4-10-26-19(29)16-12(2)27(11-9-15(23)28)22(33-21(31)32,17(16)20(26)30)14-7-5-13(6-8-14)18(24)25/h5-8,12,16-17H,3-4,9-11H2,1-2H3,(H2,23,28)(H3,24,25)(H,31,32). The van der Waals surface area contributed by atoms with Crippen molar-refractivity contribution in [2.24, 2.45) is 23.3 Å². The van der Waals surface area contributed by atoms with Crippen LogP contribution >= 0.6 is 0 Å². The van der Waals surface area contributed by atoms with E-state index in [1.54, 1.807) is 11.8 Å². The van der Waals surface area contributed by atoms with Crippen molar-refractivity contribution in [3.8, 4) is 0 Å². The van der Waals surface area contributed by atoms with Crippen molar-refractivity contribution in [2.75, 3.05) is 13.1 Å². The SMILES string of the molecule is CCCCN1C(=O)C2C(C)N(CCC(N)=O)C(OC(=O)O)(c3ccc(C(=N)N)cc3)C2C1=O. The molecule has 3 rings (SSSR count). The van der Waals surface area contributed by atoms with Gasteiger partial charge in [0.05, 0.1) is 5.92 Å². The Morgan fingerprint density at radius 2 is 1.79 bits per heavy atom. The highest BCUT2D eigenvalue weighted by Crippen LogP contribution is 2.54. The van der Waals surface area contributed by atoms with Gasteiger partial charge in [0.15, 0.2) is 0 Å². The molecule has 0 aromatic heterocycles. The lowest BCUT2D eigenvalue weighted by Crippen LogP contribution is -2.54. The average molecular weight is 460 g/mol. The number of nitrogens with two attached hydrogens (primary N) is 2. The van der Waals surface area contributed by atoms with E-state index in [0.29, 0.717) is 17.5 Å². The third-order valence-electron chi connectivity index (χ3n) is 6.49. The van der Waals surface area contributed by atoms with Crippen molar-refractivity contribution in [3.05, 3.63) is 35.4 Å². The Hall–Kier alpha value is -3.47. The molecule has 33 heavy (non-hydrogen) atoms. The Morgan fingerprint density at radius 1 is 1.15 bits per heavy atom. The van der Waals surface area contributed by atoms with E-state index in [1.165, 1.54) is 29.2 Å². The van der Waals surface area contributed by atoms with Gasteiger partial charge in [-0.1, -0.05) is 37.6 Å². The van der Waals surface area contributed by atoms with Crippen LogP contribution in [0.3, 0.4) is 0 Å². The highest BCUT2D eigenvalue weighted by Gasteiger charge is 2.70. The molecular weight excluding hydrogens is 430 g/mol. The summed E-state index contributed by atoms with van der Waals surface area (Å²) in [5.74, 6) is -3.68. The molecule has 2 aliphatic heterocycles. The fourth-order valence-corrected chi connectivity index (χ4v) is 5.01. The van der Waals surface area contributed by atoms with Gasteiger partial charge in [-0.15, -0.1) is 0 Å². The molecule has 0 bridgehead atoms. The smallest absolute Gasteiger partial charge is 0.450 e. The van der Waals surface area contributed by atoms with Gasteiger partial charge in [-0.3, -0.25) is 29.6 Å². The lowest BCUT2D eigenvalue weighted by molar-refractivity contribution is -0.165. The summed E-state index contributed by atoms with van der Waals surface area (Å²) in [6.07, 6.45) is -0.357. The van der Waals surface area contributed by atoms with E-state index in [-0.39, 0.29) is 31.3 Å². The van der Waals surface area contributed by atoms with Gasteiger partial charge < -0.3 is 21.3 Å².